The number of benzene rings is 3. The number of carbonyl (C=O) groups excluding carboxylic acids is 1. The number of halogens is 3. The first kappa shape index (κ1) is 21.3. The van der Waals surface area contributed by atoms with E-state index in [0.29, 0.717) is 38.9 Å². The van der Waals surface area contributed by atoms with Crippen molar-refractivity contribution in [2.45, 2.75) is 32.9 Å². The molecule has 3 heterocycles. The molecule has 6 rings (SSSR count). The largest absolute Gasteiger partial charge is 0.418 e. The molecule has 0 saturated heterocycles. The zero-order chi connectivity index (χ0) is 24.6. The van der Waals surface area contributed by atoms with Crippen molar-refractivity contribution in [3.63, 3.8) is 0 Å². The number of alkyl halides is 3. The molecule has 0 aliphatic carbocycles. The lowest BCUT2D eigenvalue weighted by molar-refractivity contribution is -0.136. The highest BCUT2D eigenvalue weighted by Crippen LogP contribution is 2.46. The Bertz CT molecular complexity index is 1680. The molecule has 5 aromatic rings. The lowest BCUT2D eigenvalue weighted by Crippen LogP contribution is -2.14. The maximum atomic E-state index is 13.7. The van der Waals surface area contributed by atoms with Crippen LogP contribution in [-0.4, -0.2) is 31.5 Å². The summed E-state index contributed by atoms with van der Waals surface area (Å²) in [4.78, 5) is 13.3. The van der Waals surface area contributed by atoms with E-state index < -0.39 is 17.7 Å². The van der Waals surface area contributed by atoms with Gasteiger partial charge < -0.3 is 5.32 Å². The van der Waals surface area contributed by atoms with Crippen LogP contribution in [0.25, 0.3) is 33.2 Å². The first-order valence-corrected chi connectivity index (χ1v) is 10.9. The van der Waals surface area contributed by atoms with E-state index in [2.05, 4.69) is 30.9 Å². The number of nitrogens with zero attached hydrogens (tertiary/aromatic N) is 3. The van der Waals surface area contributed by atoms with Crippen molar-refractivity contribution < 1.29 is 18.0 Å². The molecule has 0 bridgehead atoms. The standard InChI is InChI=1S/C25H19F3N6O/c1-10-4-13-19(14-5-12(3)9-18-23(14)33-34-30-18)24(35)29-20(13)15(6-10)21-16-7-11(2)8-17(25(26,27)28)22(16)32-31-21/h4-9,19H,1-3H3,(H,29,35)(H,31,32)(H,30,33,34). The fourth-order valence-corrected chi connectivity index (χ4v) is 5.06. The van der Waals surface area contributed by atoms with Crippen LogP contribution >= 0.6 is 0 Å². The van der Waals surface area contributed by atoms with Gasteiger partial charge in [-0.05, 0) is 72.9 Å². The molecule has 1 atom stereocenters. The van der Waals surface area contributed by atoms with E-state index in [1.54, 1.807) is 13.0 Å². The van der Waals surface area contributed by atoms with Gasteiger partial charge in [0, 0.05) is 10.9 Å². The molecule has 0 fully saturated rings. The van der Waals surface area contributed by atoms with E-state index in [4.69, 9.17) is 0 Å². The van der Waals surface area contributed by atoms with Crippen molar-refractivity contribution in [2.24, 2.45) is 0 Å². The van der Waals surface area contributed by atoms with Gasteiger partial charge in [0.2, 0.25) is 5.91 Å². The van der Waals surface area contributed by atoms with Crippen LogP contribution in [0, 0.1) is 20.8 Å². The van der Waals surface area contributed by atoms with Gasteiger partial charge in [-0.25, -0.2) is 0 Å². The minimum atomic E-state index is -4.53. The van der Waals surface area contributed by atoms with Crippen LogP contribution in [0.4, 0.5) is 18.9 Å². The lowest BCUT2D eigenvalue weighted by atomic mass is 9.88. The molecule has 3 aromatic carbocycles. The number of nitrogens with one attached hydrogen (secondary N) is 3. The number of fused-ring (bicyclic) bond motifs is 3. The maximum absolute atomic E-state index is 13.7. The number of H-pyrrole nitrogens is 2. The van der Waals surface area contributed by atoms with Gasteiger partial charge in [0.25, 0.3) is 0 Å². The van der Waals surface area contributed by atoms with Gasteiger partial charge in [0.1, 0.15) is 11.2 Å². The van der Waals surface area contributed by atoms with Gasteiger partial charge in [0.05, 0.1) is 28.2 Å². The minimum Gasteiger partial charge on any atom is -0.324 e. The quantitative estimate of drug-likeness (QED) is 0.312. The fraction of sp³-hybridized carbons (Fsp3) is 0.200. The van der Waals surface area contributed by atoms with Crippen LogP contribution in [0.3, 0.4) is 0 Å². The number of rotatable bonds is 2. The highest BCUT2D eigenvalue weighted by molar-refractivity contribution is 6.11. The summed E-state index contributed by atoms with van der Waals surface area (Å²) in [7, 11) is 0. The van der Waals surface area contributed by atoms with Crippen molar-refractivity contribution in [3.8, 4) is 11.3 Å². The van der Waals surface area contributed by atoms with Gasteiger partial charge in [-0.2, -0.15) is 18.3 Å². The van der Waals surface area contributed by atoms with Gasteiger partial charge in [-0.3, -0.25) is 15.0 Å². The van der Waals surface area contributed by atoms with E-state index in [1.165, 1.54) is 0 Å². The predicted octanol–water partition coefficient (Wildman–Crippen LogP) is 5.53. The summed E-state index contributed by atoms with van der Waals surface area (Å²) in [6.07, 6.45) is -4.53. The second kappa shape index (κ2) is 7.14. The molecule has 0 saturated carbocycles. The Morgan fingerprint density at radius 2 is 1.57 bits per heavy atom. The van der Waals surface area contributed by atoms with Crippen LogP contribution in [0.2, 0.25) is 0 Å². The summed E-state index contributed by atoms with van der Waals surface area (Å²) >= 11 is 0. The zero-order valence-corrected chi connectivity index (χ0v) is 18.9. The number of aromatic nitrogens is 5. The predicted molar refractivity (Wildman–Crippen MR) is 125 cm³/mol. The van der Waals surface area contributed by atoms with Crippen molar-refractivity contribution in [2.75, 3.05) is 5.32 Å². The van der Waals surface area contributed by atoms with Crippen LogP contribution in [-0.2, 0) is 11.0 Å². The molecule has 1 unspecified atom stereocenters. The maximum Gasteiger partial charge on any atom is 0.418 e. The highest BCUT2D eigenvalue weighted by Gasteiger charge is 2.38. The highest BCUT2D eigenvalue weighted by atomic mass is 19.4. The van der Waals surface area contributed by atoms with E-state index in [-0.39, 0.29) is 11.4 Å². The van der Waals surface area contributed by atoms with E-state index >= 15 is 0 Å². The number of carbonyl (C=O) groups is 1. The fourth-order valence-electron chi connectivity index (χ4n) is 5.06. The summed E-state index contributed by atoms with van der Waals surface area (Å²) in [6.45, 7) is 5.42. The van der Waals surface area contributed by atoms with Crippen LogP contribution in [0.5, 0.6) is 0 Å². The Balaban J connectivity index is 1.60. The van der Waals surface area contributed by atoms with Crippen LogP contribution < -0.4 is 5.32 Å². The summed E-state index contributed by atoms with van der Waals surface area (Å²) in [5.41, 5.74) is 5.64. The Morgan fingerprint density at radius 1 is 0.857 bits per heavy atom. The molecule has 10 heteroatoms. The van der Waals surface area contributed by atoms with Crippen molar-refractivity contribution >= 4 is 33.5 Å². The molecule has 0 spiro atoms. The van der Waals surface area contributed by atoms with E-state index in [1.807, 2.05) is 38.1 Å². The third kappa shape index (κ3) is 3.20. The summed E-state index contributed by atoms with van der Waals surface area (Å²) in [6, 6.07) is 10.3. The Kier molecular flexibility index (Phi) is 4.35. The number of anilines is 1. The molecular weight excluding hydrogens is 457 g/mol. The topological polar surface area (TPSA) is 99.3 Å². The van der Waals surface area contributed by atoms with Crippen molar-refractivity contribution in [3.05, 3.63) is 69.8 Å². The van der Waals surface area contributed by atoms with Crippen LogP contribution in [0.15, 0.2) is 36.4 Å². The van der Waals surface area contributed by atoms with Gasteiger partial charge in [-0.1, -0.05) is 17.3 Å². The number of aryl methyl sites for hydroxylation is 3. The second-order valence-corrected chi connectivity index (χ2v) is 9.06. The second-order valence-electron chi connectivity index (χ2n) is 9.06. The van der Waals surface area contributed by atoms with Crippen molar-refractivity contribution in [1.29, 1.82) is 0 Å². The van der Waals surface area contributed by atoms with E-state index in [0.717, 1.165) is 28.3 Å². The monoisotopic (exact) mass is 476 g/mol. The van der Waals surface area contributed by atoms with Gasteiger partial charge in [0.15, 0.2) is 0 Å². The number of amides is 1. The summed E-state index contributed by atoms with van der Waals surface area (Å²) in [5, 5.41) is 21.0. The third-order valence-electron chi connectivity index (χ3n) is 6.44. The SMILES string of the molecule is Cc1cc(-c2n[nH]c3c(C(F)(F)F)cc(C)cc23)c2c(c1)C(c1cc(C)cc3nn[nH]c13)C(=O)N2. The molecule has 176 valence electrons. The van der Waals surface area contributed by atoms with Gasteiger partial charge >= 0.3 is 6.18 Å². The third-order valence-corrected chi connectivity index (χ3v) is 6.44. The Labute approximate surface area is 196 Å². The minimum absolute atomic E-state index is 0.0850. The molecule has 3 N–H and O–H groups in total. The summed E-state index contributed by atoms with van der Waals surface area (Å²) in [5.74, 6) is -0.869. The number of aromatic amines is 2. The normalized spacial score (nSPS) is 15.7. The van der Waals surface area contributed by atoms with E-state index in [9.17, 15) is 18.0 Å². The number of hydrogen-bond donors (Lipinski definition) is 3. The van der Waals surface area contributed by atoms with Crippen LogP contribution in [0.1, 0.15) is 39.3 Å². The van der Waals surface area contributed by atoms with Gasteiger partial charge in [-0.15, -0.1) is 5.10 Å². The average molecular weight is 476 g/mol. The zero-order valence-electron chi connectivity index (χ0n) is 18.9. The Morgan fingerprint density at radius 3 is 2.34 bits per heavy atom. The molecule has 1 aliphatic heterocycles. The van der Waals surface area contributed by atoms with Crippen molar-refractivity contribution in [1.82, 2.24) is 25.6 Å². The Hall–Kier alpha value is -4.21. The average Bonchev–Trinajstić information content (AvgIpc) is 3.48. The molecule has 7 nitrogen and oxygen atoms in total. The molecule has 2 aromatic heterocycles. The smallest absolute Gasteiger partial charge is 0.324 e. The molecule has 1 amide bonds. The number of hydrogen-bond acceptors (Lipinski definition) is 4. The molecule has 0 radical (unpaired) electrons. The molecule has 35 heavy (non-hydrogen) atoms. The lowest BCUT2D eigenvalue weighted by Gasteiger charge is -2.13. The first-order valence-electron chi connectivity index (χ1n) is 10.9. The first-order chi connectivity index (χ1) is 16.6. The molecular formula is C25H19F3N6O. The summed E-state index contributed by atoms with van der Waals surface area (Å²) < 4.78 is 41.1. The molecule has 1 aliphatic rings.